The molecule has 2 aromatic rings. The summed E-state index contributed by atoms with van der Waals surface area (Å²) in [6.45, 7) is 1.05. The minimum atomic E-state index is 0.514. The highest BCUT2D eigenvalue weighted by Gasteiger charge is 2.02. The fraction of sp³-hybridized carbons (Fsp3) is 0.308. The Morgan fingerprint density at radius 2 is 2.12 bits per heavy atom. The number of thiophene rings is 1. The highest BCUT2D eigenvalue weighted by Crippen LogP contribution is 2.26. The van der Waals surface area contributed by atoms with Gasteiger partial charge in [-0.1, -0.05) is 24.3 Å². The molecule has 84 valence electrons. The quantitative estimate of drug-likeness (QED) is 0.565. The van der Waals surface area contributed by atoms with Gasteiger partial charge in [0.15, 0.2) is 0 Å². The number of unbranched alkanes of at least 4 members (excludes halogenated alkanes) is 1. The molecule has 3 heteroatoms. The molecule has 1 aromatic carbocycles. The number of hydrogen-bond donors (Lipinski definition) is 0. The van der Waals surface area contributed by atoms with Gasteiger partial charge in [-0.15, -0.1) is 11.3 Å². The van der Waals surface area contributed by atoms with E-state index in [-0.39, 0.29) is 0 Å². The topological polar surface area (TPSA) is 26.3 Å². The number of carbonyl (C=O) groups is 1. The summed E-state index contributed by atoms with van der Waals surface area (Å²) < 4.78 is 4.66. The Balaban J connectivity index is 1.91. The van der Waals surface area contributed by atoms with Gasteiger partial charge in [-0.05, 0) is 35.4 Å². The van der Waals surface area contributed by atoms with Crippen LogP contribution in [0.3, 0.4) is 0 Å². The van der Waals surface area contributed by atoms with E-state index in [2.05, 4.69) is 34.4 Å². The highest BCUT2D eigenvalue weighted by molar-refractivity contribution is 7.11. The van der Waals surface area contributed by atoms with Gasteiger partial charge in [-0.3, -0.25) is 4.79 Å². The number of carbonyl (C=O) groups excluding carboxylic acids is 1. The lowest BCUT2D eigenvalue weighted by atomic mass is 10.1. The van der Waals surface area contributed by atoms with Crippen molar-refractivity contribution in [3.8, 4) is 0 Å². The summed E-state index contributed by atoms with van der Waals surface area (Å²) in [5.74, 6) is 0. The van der Waals surface area contributed by atoms with Crippen molar-refractivity contribution in [2.45, 2.75) is 19.3 Å². The summed E-state index contributed by atoms with van der Waals surface area (Å²) >= 11 is 1.82. The van der Waals surface area contributed by atoms with Crippen LogP contribution >= 0.6 is 11.3 Å². The summed E-state index contributed by atoms with van der Waals surface area (Å²) in [7, 11) is 0. The van der Waals surface area contributed by atoms with Crippen molar-refractivity contribution in [1.82, 2.24) is 0 Å². The average Bonchev–Trinajstić information content (AvgIpc) is 2.73. The molecule has 0 aliphatic rings. The maximum absolute atomic E-state index is 9.95. The maximum Gasteiger partial charge on any atom is 0.293 e. The molecule has 2 nitrogen and oxygen atoms in total. The zero-order valence-corrected chi connectivity index (χ0v) is 9.83. The summed E-state index contributed by atoms with van der Waals surface area (Å²) in [6.07, 6.45) is 3.07. The smallest absolute Gasteiger partial charge is 0.293 e. The van der Waals surface area contributed by atoms with Gasteiger partial charge >= 0.3 is 0 Å². The summed E-state index contributed by atoms with van der Waals surface area (Å²) in [5.41, 5.74) is 0. The van der Waals surface area contributed by atoms with Crippen molar-refractivity contribution in [3.05, 3.63) is 34.5 Å². The van der Waals surface area contributed by atoms with Crippen LogP contribution in [0, 0.1) is 0 Å². The van der Waals surface area contributed by atoms with E-state index in [1.807, 2.05) is 11.3 Å². The van der Waals surface area contributed by atoms with Gasteiger partial charge in [-0.25, -0.2) is 0 Å². The predicted molar refractivity (Wildman–Crippen MR) is 66.8 cm³/mol. The van der Waals surface area contributed by atoms with Crippen molar-refractivity contribution < 1.29 is 9.53 Å². The molecule has 0 atom stereocenters. The van der Waals surface area contributed by atoms with Crippen LogP contribution in [0.2, 0.25) is 0 Å². The largest absolute Gasteiger partial charge is 0.468 e. The van der Waals surface area contributed by atoms with Crippen LogP contribution in [-0.4, -0.2) is 13.1 Å². The third-order valence-corrected chi connectivity index (χ3v) is 3.65. The normalized spacial score (nSPS) is 10.5. The minimum Gasteiger partial charge on any atom is -0.468 e. The predicted octanol–water partition coefficient (Wildman–Crippen LogP) is 3.40. The first kappa shape index (κ1) is 11.1. The van der Waals surface area contributed by atoms with Gasteiger partial charge in [-0.2, -0.15) is 0 Å². The van der Waals surface area contributed by atoms with E-state index >= 15 is 0 Å². The Kier molecular flexibility index (Phi) is 3.94. The van der Waals surface area contributed by atoms with E-state index in [0.717, 1.165) is 19.3 Å². The molecule has 1 heterocycles. The van der Waals surface area contributed by atoms with Crippen molar-refractivity contribution >= 4 is 28.6 Å². The van der Waals surface area contributed by atoms with Gasteiger partial charge in [0.2, 0.25) is 0 Å². The van der Waals surface area contributed by atoms with E-state index in [4.69, 9.17) is 0 Å². The first-order valence-electron chi connectivity index (χ1n) is 5.42. The minimum absolute atomic E-state index is 0.514. The lowest BCUT2D eigenvalue weighted by Crippen LogP contribution is -1.92. The van der Waals surface area contributed by atoms with Crippen LogP contribution < -0.4 is 0 Å². The molecular weight excluding hydrogens is 220 g/mol. The molecule has 0 unspecified atom stereocenters. The van der Waals surface area contributed by atoms with Gasteiger partial charge in [0.25, 0.3) is 6.47 Å². The van der Waals surface area contributed by atoms with E-state index in [1.54, 1.807) is 0 Å². The van der Waals surface area contributed by atoms with Crippen LogP contribution in [0.15, 0.2) is 29.6 Å². The van der Waals surface area contributed by atoms with E-state index in [1.165, 1.54) is 15.6 Å². The molecule has 0 amide bonds. The molecule has 0 spiro atoms. The molecule has 0 N–H and O–H groups in total. The van der Waals surface area contributed by atoms with Gasteiger partial charge in [0, 0.05) is 4.88 Å². The first-order chi connectivity index (χ1) is 7.92. The number of hydrogen-bond acceptors (Lipinski definition) is 3. The van der Waals surface area contributed by atoms with Crippen LogP contribution in [0.5, 0.6) is 0 Å². The van der Waals surface area contributed by atoms with E-state index in [0.29, 0.717) is 13.1 Å². The van der Waals surface area contributed by atoms with Crippen LogP contribution in [0.1, 0.15) is 17.7 Å². The van der Waals surface area contributed by atoms with E-state index in [9.17, 15) is 4.79 Å². The average molecular weight is 234 g/mol. The molecule has 0 radical (unpaired) electrons. The van der Waals surface area contributed by atoms with E-state index < -0.39 is 0 Å². The number of ether oxygens (including phenoxy) is 1. The maximum atomic E-state index is 9.95. The van der Waals surface area contributed by atoms with Crippen LogP contribution in [-0.2, 0) is 16.0 Å². The van der Waals surface area contributed by atoms with Crippen molar-refractivity contribution in [1.29, 1.82) is 0 Å². The van der Waals surface area contributed by atoms with Gasteiger partial charge < -0.3 is 4.74 Å². The number of rotatable bonds is 6. The number of benzene rings is 1. The molecule has 0 saturated carbocycles. The third kappa shape index (κ3) is 2.61. The third-order valence-electron chi connectivity index (χ3n) is 2.57. The number of aryl methyl sites for hydroxylation is 1. The molecule has 0 fully saturated rings. The summed E-state index contributed by atoms with van der Waals surface area (Å²) in [4.78, 5) is 11.4. The van der Waals surface area contributed by atoms with Crippen LogP contribution in [0.4, 0.5) is 0 Å². The van der Waals surface area contributed by atoms with Crippen molar-refractivity contribution in [3.63, 3.8) is 0 Å². The zero-order valence-electron chi connectivity index (χ0n) is 9.02. The molecule has 16 heavy (non-hydrogen) atoms. The van der Waals surface area contributed by atoms with Gasteiger partial charge in [0.05, 0.1) is 6.61 Å². The molecule has 0 saturated heterocycles. The Hall–Kier alpha value is -1.35. The molecular formula is C13H14O2S. The summed E-state index contributed by atoms with van der Waals surface area (Å²) in [5, 5.41) is 4.89. The molecule has 1 aromatic heterocycles. The van der Waals surface area contributed by atoms with Crippen molar-refractivity contribution in [2.75, 3.05) is 6.61 Å². The Labute approximate surface area is 98.9 Å². The Bertz CT molecular complexity index is 462. The fourth-order valence-corrected chi connectivity index (χ4v) is 2.81. The Morgan fingerprint density at radius 1 is 1.25 bits per heavy atom. The zero-order chi connectivity index (χ0) is 11.2. The number of fused-ring (bicyclic) bond motifs is 1. The van der Waals surface area contributed by atoms with Crippen molar-refractivity contribution in [2.24, 2.45) is 0 Å². The second kappa shape index (κ2) is 5.66. The highest BCUT2D eigenvalue weighted by atomic mass is 32.1. The lowest BCUT2D eigenvalue weighted by Gasteiger charge is -1.99. The first-order valence-corrected chi connectivity index (χ1v) is 6.30. The molecule has 0 aliphatic carbocycles. The van der Waals surface area contributed by atoms with Gasteiger partial charge in [0.1, 0.15) is 0 Å². The lowest BCUT2D eigenvalue weighted by molar-refractivity contribution is -0.128. The standard InChI is InChI=1S/C13H14O2S/c14-10-15-8-4-3-7-13-12-6-2-1-5-11(12)9-16-13/h1-2,5-6,9-10H,3-4,7-8H2. The fourth-order valence-electron chi connectivity index (χ4n) is 1.76. The summed E-state index contributed by atoms with van der Waals surface area (Å²) in [6, 6.07) is 8.46. The van der Waals surface area contributed by atoms with Crippen LogP contribution in [0.25, 0.3) is 10.8 Å². The molecule has 0 bridgehead atoms. The SMILES string of the molecule is O=COCCCCc1scc2ccccc12. The molecule has 2 rings (SSSR count). The Morgan fingerprint density at radius 3 is 3.00 bits per heavy atom. The monoisotopic (exact) mass is 234 g/mol. The second-order valence-electron chi connectivity index (χ2n) is 3.67. The second-order valence-corrected chi connectivity index (χ2v) is 4.63. The molecule has 0 aliphatic heterocycles.